The molecule has 1 aliphatic heterocycles. The van der Waals surface area contributed by atoms with Crippen molar-refractivity contribution in [2.24, 2.45) is 0 Å². The van der Waals surface area contributed by atoms with Crippen molar-refractivity contribution < 1.29 is 23.8 Å². The zero-order valence-corrected chi connectivity index (χ0v) is 24.1. The van der Waals surface area contributed by atoms with E-state index in [1.54, 1.807) is 12.0 Å². The van der Waals surface area contributed by atoms with Gasteiger partial charge in [0.05, 0.1) is 7.11 Å². The summed E-state index contributed by atoms with van der Waals surface area (Å²) in [7, 11) is 1.60. The fourth-order valence-electron chi connectivity index (χ4n) is 5.34. The highest BCUT2D eigenvalue weighted by Crippen LogP contribution is 2.34. The maximum absolute atomic E-state index is 14.1. The summed E-state index contributed by atoms with van der Waals surface area (Å²) in [5, 5.41) is 17.9. The first-order chi connectivity index (χ1) is 20.6. The summed E-state index contributed by atoms with van der Waals surface area (Å²) in [4.78, 5) is 31.6. The molecule has 2 aromatic heterocycles. The van der Waals surface area contributed by atoms with Crippen molar-refractivity contribution >= 4 is 23.2 Å². The number of aromatic nitrogens is 4. The molecule has 2 amide bonds. The highest BCUT2D eigenvalue weighted by Gasteiger charge is 2.34. The molecule has 0 radical (unpaired) electrons. The average Bonchev–Trinajstić information content (AvgIpc) is 3.80. The van der Waals surface area contributed by atoms with Crippen LogP contribution in [-0.4, -0.2) is 56.9 Å². The van der Waals surface area contributed by atoms with Crippen LogP contribution in [-0.2, 0) is 22.7 Å². The third-order valence-electron chi connectivity index (χ3n) is 7.51. The van der Waals surface area contributed by atoms with Crippen LogP contribution in [0.1, 0.15) is 48.6 Å². The van der Waals surface area contributed by atoms with Gasteiger partial charge in [-0.2, -0.15) is 4.80 Å². The van der Waals surface area contributed by atoms with E-state index in [1.165, 1.54) is 22.6 Å². The number of thiophene rings is 1. The van der Waals surface area contributed by atoms with Gasteiger partial charge in [-0.05, 0) is 71.5 Å². The number of ether oxygens (including phenoxy) is 3. The molecule has 0 saturated heterocycles. The van der Waals surface area contributed by atoms with Crippen LogP contribution in [0.4, 0.5) is 0 Å². The summed E-state index contributed by atoms with van der Waals surface area (Å²) in [6.07, 6.45) is 5.23. The van der Waals surface area contributed by atoms with Gasteiger partial charge in [0.15, 0.2) is 11.5 Å². The lowest BCUT2D eigenvalue weighted by molar-refractivity contribution is -0.142. The Morgan fingerprint density at radius 3 is 2.67 bits per heavy atom. The fraction of sp³-hybridized carbons (Fsp3) is 0.367. The van der Waals surface area contributed by atoms with Crippen LogP contribution in [0.25, 0.3) is 11.4 Å². The maximum atomic E-state index is 14.1. The van der Waals surface area contributed by atoms with Crippen LogP contribution in [0.5, 0.6) is 17.2 Å². The molecule has 1 fully saturated rings. The van der Waals surface area contributed by atoms with Gasteiger partial charge in [-0.15, -0.1) is 21.5 Å². The number of rotatable bonds is 10. The largest absolute Gasteiger partial charge is 0.497 e. The molecule has 3 heterocycles. The second-order valence-electron chi connectivity index (χ2n) is 10.3. The van der Waals surface area contributed by atoms with E-state index in [9.17, 15) is 9.59 Å². The minimum absolute atomic E-state index is 0.0974. The fourth-order valence-corrected chi connectivity index (χ4v) is 6.17. The summed E-state index contributed by atoms with van der Waals surface area (Å²) in [5.41, 5.74) is 1.56. The Bertz CT molecular complexity index is 1520. The standard InChI is InChI=1S/C30H32N6O5S/c1-39-23-12-10-21(11-13-23)29-32-34-36(33-29)18-27(37)35(17-20-9-14-24-25(16-20)41-19-40-24)28(26-8-5-15-42-26)30(38)31-22-6-3-2-4-7-22/h5,8-16,22,28H,2-4,6-7,17-19H2,1H3,(H,31,38)/t28-/m0/s1. The lowest BCUT2D eigenvalue weighted by Crippen LogP contribution is -2.47. The summed E-state index contributed by atoms with van der Waals surface area (Å²) in [6, 6.07) is 15.9. The molecule has 1 N–H and O–H groups in total. The number of fused-ring (bicyclic) bond motifs is 1. The van der Waals surface area contributed by atoms with Crippen LogP contribution in [0.15, 0.2) is 60.0 Å². The molecule has 218 valence electrons. The second kappa shape index (κ2) is 12.6. The van der Waals surface area contributed by atoms with Gasteiger partial charge < -0.3 is 24.4 Å². The molecular weight excluding hydrogens is 556 g/mol. The quantitative estimate of drug-likeness (QED) is 0.290. The van der Waals surface area contributed by atoms with Gasteiger partial charge in [-0.3, -0.25) is 9.59 Å². The van der Waals surface area contributed by atoms with Crippen molar-refractivity contribution in [3.63, 3.8) is 0 Å². The summed E-state index contributed by atoms with van der Waals surface area (Å²) < 4.78 is 16.3. The van der Waals surface area contributed by atoms with Crippen LogP contribution in [0.2, 0.25) is 0 Å². The lowest BCUT2D eigenvalue weighted by atomic mass is 9.95. The first kappa shape index (κ1) is 27.7. The number of amides is 2. The number of hydrogen-bond donors (Lipinski definition) is 1. The van der Waals surface area contributed by atoms with Crippen LogP contribution >= 0.6 is 11.3 Å². The summed E-state index contributed by atoms with van der Waals surface area (Å²) >= 11 is 1.45. The van der Waals surface area contributed by atoms with E-state index in [0.29, 0.717) is 23.1 Å². The number of methoxy groups -OCH3 is 1. The average molecular weight is 589 g/mol. The SMILES string of the molecule is COc1ccc(-c2nnn(CC(=O)N(Cc3ccc4c(c3)OCO4)[C@H](C(=O)NC3CCCCC3)c3cccs3)n2)cc1. The number of nitrogens with zero attached hydrogens (tertiary/aromatic N) is 5. The molecule has 0 unspecified atom stereocenters. The van der Waals surface area contributed by atoms with Crippen LogP contribution in [0.3, 0.4) is 0 Å². The van der Waals surface area contributed by atoms with Gasteiger partial charge in [0.1, 0.15) is 18.3 Å². The third kappa shape index (κ3) is 6.23. The minimum atomic E-state index is -0.825. The third-order valence-corrected chi connectivity index (χ3v) is 8.44. The van der Waals surface area contributed by atoms with Gasteiger partial charge in [0.2, 0.25) is 24.4 Å². The molecule has 1 saturated carbocycles. The summed E-state index contributed by atoms with van der Waals surface area (Å²) in [6.45, 7) is 0.139. The number of benzene rings is 2. The molecule has 11 nitrogen and oxygen atoms in total. The smallest absolute Gasteiger partial charge is 0.248 e. The molecule has 1 aliphatic carbocycles. The Morgan fingerprint density at radius 2 is 1.90 bits per heavy atom. The van der Waals surface area contributed by atoms with E-state index in [4.69, 9.17) is 14.2 Å². The van der Waals surface area contributed by atoms with Crippen LogP contribution in [0, 0.1) is 0 Å². The Labute approximate surface area is 247 Å². The van der Waals surface area contributed by atoms with Crippen molar-refractivity contribution in [3.8, 4) is 28.6 Å². The van der Waals surface area contributed by atoms with E-state index in [-0.39, 0.29) is 37.7 Å². The van der Waals surface area contributed by atoms with Crippen molar-refractivity contribution in [1.29, 1.82) is 0 Å². The zero-order valence-electron chi connectivity index (χ0n) is 23.3. The second-order valence-corrected chi connectivity index (χ2v) is 11.3. The maximum Gasteiger partial charge on any atom is 0.248 e. The van der Waals surface area contributed by atoms with E-state index < -0.39 is 6.04 Å². The number of carbonyl (C=O) groups excluding carboxylic acids is 2. The molecule has 2 aromatic carbocycles. The van der Waals surface area contributed by atoms with Crippen molar-refractivity contribution in [2.75, 3.05) is 13.9 Å². The van der Waals surface area contributed by atoms with Crippen molar-refractivity contribution in [3.05, 3.63) is 70.4 Å². The van der Waals surface area contributed by atoms with Crippen LogP contribution < -0.4 is 19.5 Å². The normalized spacial score (nSPS) is 15.3. The Morgan fingerprint density at radius 1 is 1.10 bits per heavy atom. The van der Waals surface area contributed by atoms with E-state index >= 15 is 0 Å². The molecule has 4 aromatic rings. The van der Waals surface area contributed by atoms with Gasteiger partial charge in [0.25, 0.3) is 0 Å². The lowest BCUT2D eigenvalue weighted by Gasteiger charge is -2.32. The minimum Gasteiger partial charge on any atom is -0.497 e. The molecule has 0 bridgehead atoms. The first-order valence-electron chi connectivity index (χ1n) is 14.0. The molecule has 1 atom stereocenters. The Hall–Kier alpha value is -4.45. The van der Waals surface area contributed by atoms with Gasteiger partial charge in [-0.1, -0.05) is 31.4 Å². The van der Waals surface area contributed by atoms with Crippen molar-refractivity contribution in [1.82, 2.24) is 30.4 Å². The monoisotopic (exact) mass is 588 g/mol. The predicted molar refractivity (Wildman–Crippen MR) is 155 cm³/mol. The predicted octanol–water partition coefficient (Wildman–Crippen LogP) is 4.36. The summed E-state index contributed by atoms with van der Waals surface area (Å²) in [5.74, 6) is 1.86. The zero-order chi connectivity index (χ0) is 28.9. The number of carbonyl (C=O) groups is 2. The Balaban J connectivity index is 1.28. The number of hydrogen-bond acceptors (Lipinski definition) is 9. The molecule has 12 heteroatoms. The van der Waals surface area contributed by atoms with Gasteiger partial charge in [0, 0.05) is 23.0 Å². The molecule has 0 spiro atoms. The highest BCUT2D eigenvalue weighted by molar-refractivity contribution is 7.10. The number of nitrogens with one attached hydrogen (secondary N) is 1. The topological polar surface area (TPSA) is 121 Å². The molecule has 2 aliphatic rings. The molecular formula is C30H32N6O5S. The van der Waals surface area contributed by atoms with E-state index in [1.807, 2.05) is 60.0 Å². The van der Waals surface area contributed by atoms with Gasteiger partial charge in [-0.25, -0.2) is 0 Å². The van der Waals surface area contributed by atoms with Gasteiger partial charge >= 0.3 is 0 Å². The Kier molecular flexibility index (Phi) is 8.31. The molecule has 6 rings (SSSR count). The van der Waals surface area contributed by atoms with Crippen molar-refractivity contribution in [2.45, 2.75) is 57.3 Å². The van der Waals surface area contributed by atoms with E-state index in [0.717, 1.165) is 41.7 Å². The number of tetrazole rings is 1. The van der Waals surface area contributed by atoms with E-state index in [2.05, 4.69) is 20.7 Å². The molecule has 42 heavy (non-hydrogen) atoms. The highest BCUT2D eigenvalue weighted by atomic mass is 32.1. The first-order valence-corrected chi connectivity index (χ1v) is 14.9.